The molecule has 3 heterocycles. The molecule has 1 aromatic heterocycles. The Labute approximate surface area is 166 Å². The molecule has 2 aliphatic rings. The van der Waals surface area contributed by atoms with E-state index in [0.29, 0.717) is 10.5 Å². The van der Waals surface area contributed by atoms with E-state index in [2.05, 4.69) is 10.5 Å². The van der Waals surface area contributed by atoms with E-state index < -0.39 is 41.2 Å². The number of carbonyl (C=O) groups excluding carboxylic acids is 3. The van der Waals surface area contributed by atoms with E-state index in [4.69, 9.17) is 4.74 Å². The van der Waals surface area contributed by atoms with Gasteiger partial charge in [-0.2, -0.15) is 0 Å². The normalized spacial score (nSPS) is 22.0. The number of hydrogen-bond acceptors (Lipinski definition) is 9. The Bertz CT molecular complexity index is 868. The van der Waals surface area contributed by atoms with Crippen molar-refractivity contribution >= 4 is 46.9 Å². The van der Waals surface area contributed by atoms with Crippen LogP contribution >= 0.6 is 23.1 Å². The van der Waals surface area contributed by atoms with Gasteiger partial charge in [-0.15, -0.1) is 28.0 Å². The maximum Gasteiger partial charge on any atom is 0.352 e. The number of thiophene rings is 1. The lowest BCUT2D eigenvalue weighted by Crippen LogP contribution is -2.70. The first kappa shape index (κ1) is 20.0. The zero-order valence-corrected chi connectivity index (χ0v) is 16.1. The fourth-order valence-corrected chi connectivity index (χ4v) is 4.97. The molecule has 0 aliphatic carbocycles. The number of β-lactam (4-membered cyclic amide) rings is 1. The van der Waals surface area contributed by atoms with Gasteiger partial charge in [0, 0.05) is 23.1 Å². The van der Waals surface area contributed by atoms with Gasteiger partial charge in [-0.25, -0.2) is 4.79 Å². The Balaban J connectivity index is 1.74. The van der Waals surface area contributed by atoms with Gasteiger partial charge in [-0.3, -0.25) is 19.3 Å². The summed E-state index contributed by atoms with van der Waals surface area (Å²) in [6.07, 6.45) is 0. The van der Waals surface area contributed by atoms with Crippen LogP contribution in [0.5, 0.6) is 0 Å². The summed E-state index contributed by atoms with van der Waals surface area (Å²) in [5.74, 6) is -3.00. The molecule has 2 amide bonds. The topological polar surface area (TPSA) is 142 Å². The van der Waals surface area contributed by atoms with Crippen molar-refractivity contribution < 1.29 is 29.0 Å². The first-order chi connectivity index (χ1) is 13.3. The molecule has 2 aliphatic heterocycles. The number of carboxylic acids is 1. The highest BCUT2D eigenvalue weighted by Gasteiger charge is 2.54. The van der Waals surface area contributed by atoms with E-state index in [9.17, 15) is 29.2 Å². The molecule has 0 saturated carbocycles. The van der Waals surface area contributed by atoms with Crippen molar-refractivity contribution in [1.29, 1.82) is 0 Å². The fraction of sp³-hybridized carbons (Fsp3) is 0.375. The molecule has 1 unspecified atom stereocenters. The van der Waals surface area contributed by atoms with Crippen LogP contribution in [0.2, 0.25) is 0 Å². The average Bonchev–Trinajstić information content (AvgIpc) is 3.18. The van der Waals surface area contributed by atoms with Gasteiger partial charge in [0.15, 0.2) is 0 Å². The number of nitrogens with zero attached hydrogens (tertiary/aromatic N) is 2. The number of aliphatic carboxylic acids is 1. The summed E-state index contributed by atoms with van der Waals surface area (Å²) >= 11 is 2.43. The molecule has 3 atom stereocenters. The molecule has 1 fully saturated rings. The number of carbonyl (C=O) groups is 4. The minimum absolute atomic E-state index is 0.218. The van der Waals surface area contributed by atoms with Gasteiger partial charge in [0.1, 0.15) is 23.7 Å². The Morgan fingerprint density at radius 3 is 2.79 bits per heavy atom. The number of esters is 1. The third-order valence-corrected chi connectivity index (χ3v) is 6.43. The van der Waals surface area contributed by atoms with Gasteiger partial charge >= 0.3 is 11.9 Å². The second-order valence-corrected chi connectivity index (χ2v) is 8.04. The summed E-state index contributed by atoms with van der Waals surface area (Å²) in [7, 11) is 0. The minimum atomic E-state index is -1.32. The highest BCUT2D eigenvalue weighted by Crippen LogP contribution is 2.40. The van der Waals surface area contributed by atoms with Crippen LogP contribution in [0.4, 0.5) is 0 Å². The molecule has 1 aromatic rings. The minimum Gasteiger partial charge on any atom is -0.477 e. The fourth-order valence-electron chi connectivity index (χ4n) is 2.89. The third-order valence-electron chi connectivity index (χ3n) is 4.16. The zero-order valence-electron chi connectivity index (χ0n) is 14.5. The van der Waals surface area contributed by atoms with E-state index in [1.807, 2.05) is 0 Å². The molecule has 3 rings (SSSR count). The van der Waals surface area contributed by atoms with Crippen molar-refractivity contribution in [3.63, 3.8) is 0 Å². The number of rotatable bonds is 7. The SMILES string of the molecule is CC(=O)OCC1=C(C(=O)O)N2C(=O)[C@@H](NC(=O)C(N=O)c3cccs3)[C@@H]2SC1. The summed E-state index contributed by atoms with van der Waals surface area (Å²) in [6.45, 7) is 0.970. The van der Waals surface area contributed by atoms with E-state index in [0.717, 1.165) is 4.90 Å². The van der Waals surface area contributed by atoms with Gasteiger partial charge in [0.05, 0.1) is 0 Å². The lowest BCUT2D eigenvalue weighted by atomic mass is 10.0. The largest absolute Gasteiger partial charge is 0.477 e. The summed E-state index contributed by atoms with van der Waals surface area (Å²) in [5.41, 5.74) is 0.0527. The smallest absolute Gasteiger partial charge is 0.352 e. The lowest BCUT2D eigenvalue weighted by molar-refractivity contribution is -0.151. The number of carboxylic acid groups (broad SMARTS) is 1. The standard InChI is InChI=1S/C16H15N3O7S2/c1-7(20)26-5-8-6-28-15-11(14(22)19(15)12(8)16(23)24)17-13(21)10(18-25)9-3-2-4-27-9/h2-4,10-11,15H,5-6H2,1H3,(H,17,21)(H,23,24)/t10?,11-,15+/m1/s1. The number of nitrogens with one attached hydrogen (secondary N) is 1. The molecule has 28 heavy (non-hydrogen) atoms. The third kappa shape index (κ3) is 3.64. The molecular formula is C16H15N3O7S2. The molecular weight excluding hydrogens is 410 g/mol. The molecule has 0 spiro atoms. The number of amides is 2. The van der Waals surface area contributed by atoms with Gasteiger partial charge < -0.3 is 15.2 Å². The predicted molar refractivity (Wildman–Crippen MR) is 99.2 cm³/mol. The van der Waals surface area contributed by atoms with Gasteiger partial charge in [-0.05, 0) is 11.4 Å². The van der Waals surface area contributed by atoms with Crippen LogP contribution in [0, 0.1) is 4.91 Å². The number of nitroso groups, excluding NO2 is 1. The molecule has 2 N–H and O–H groups in total. The second-order valence-electron chi connectivity index (χ2n) is 5.96. The lowest BCUT2D eigenvalue weighted by Gasteiger charge is -2.49. The van der Waals surface area contributed by atoms with Gasteiger partial charge in [-0.1, -0.05) is 11.2 Å². The molecule has 12 heteroatoms. The summed E-state index contributed by atoms with van der Waals surface area (Å²) in [5, 5.41) is 15.9. The van der Waals surface area contributed by atoms with Crippen molar-refractivity contribution in [3.05, 3.63) is 38.6 Å². The molecule has 0 aromatic carbocycles. The number of thioether (sulfide) groups is 1. The first-order valence-corrected chi connectivity index (χ1v) is 9.97. The number of ether oxygens (including phenoxy) is 1. The highest BCUT2D eigenvalue weighted by molar-refractivity contribution is 8.00. The van der Waals surface area contributed by atoms with Crippen molar-refractivity contribution in [2.45, 2.75) is 24.4 Å². The van der Waals surface area contributed by atoms with Crippen molar-refractivity contribution in [2.75, 3.05) is 12.4 Å². The van der Waals surface area contributed by atoms with Crippen LogP contribution in [0.25, 0.3) is 0 Å². The average molecular weight is 425 g/mol. The van der Waals surface area contributed by atoms with Crippen molar-refractivity contribution in [2.24, 2.45) is 5.18 Å². The molecule has 0 bridgehead atoms. The van der Waals surface area contributed by atoms with Crippen LogP contribution in [0.15, 0.2) is 34.0 Å². The molecule has 1 saturated heterocycles. The monoisotopic (exact) mass is 425 g/mol. The van der Waals surface area contributed by atoms with Crippen molar-refractivity contribution in [1.82, 2.24) is 10.2 Å². The second kappa shape index (κ2) is 8.10. The molecule has 148 valence electrons. The van der Waals surface area contributed by atoms with Crippen LogP contribution in [0.3, 0.4) is 0 Å². The Morgan fingerprint density at radius 2 is 2.21 bits per heavy atom. The molecule has 10 nitrogen and oxygen atoms in total. The van der Waals surface area contributed by atoms with Crippen LogP contribution in [0.1, 0.15) is 17.8 Å². The molecule has 0 radical (unpaired) electrons. The van der Waals surface area contributed by atoms with Crippen LogP contribution in [-0.2, 0) is 23.9 Å². The van der Waals surface area contributed by atoms with E-state index in [1.54, 1.807) is 17.5 Å². The summed E-state index contributed by atoms with van der Waals surface area (Å²) < 4.78 is 4.86. The van der Waals surface area contributed by atoms with Gasteiger partial charge in [0.25, 0.3) is 11.8 Å². The van der Waals surface area contributed by atoms with Crippen LogP contribution < -0.4 is 5.32 Å². The number of hydrogen-bond donors (Lipinski definition) is 2. The maximum atomic E-state index is 12.5. The Kier molecular flexibility index (Phi) is 5.79. The maximum absolute atomic E-state index is 12.5. The Morgan fingerprint density at radius 1 is 1.46 bits per heavy atom. The van der Waals surface area contributed by atoms with Crippen molar-refractivity contribution in [3.8, 4) is 0 Å². The number of fused-ring (bicyclic) bond motifs is 1. The van der Waals surface area contributed by atoms with Gasteiger partial charge in [0.2, 0.25) is 6.04 Å². The zero-order chi connectivity index (χ0) is 20.4. The first-order valence-electron chi connectivity index (χ1n) is 8.04. The summed E-state index contributed by atoms with van der Waals surface area (Å²) in [4.78, 5) is 60.1. The van der Waals surface area contributed by atoms with E-state index in [1.165, 1.54) is 30.0 Å². The summed E-state index contributed by atoms with van der Waals surface area (Å²) in [6, 6.07) is 1.02. The highest BCUT2D eigenvalue weighted by atomic mass is 32.2. The quantitative estimate of drug-likeness (QED) is 0.372. The van der Waals surface area contributed by atoms with E-state index >= 15 is 0 Å². The Hall–Kier alpha value is -2.73. The predicted octanol–water partition coefficient (Wildman–Crippen LogP) is 0.857. The van der Waals surface area contributed by atoms with E-state index in [-0.39, 0.29) is 18.1 Å². The van der Waals surface area contributed by atoms with Crippen LogP contribution in [-0.4, -0.2) is 57.5 Å².